The molecule has 0 amide bonds. The topological polar surface area (TPSA) is 76.4 Å². The fraction of sp³-hybridized carbons (Fsp3) is 0.240. The number of aliphatic imine (C=N–C) groups is 1. The van der Waals surface area contributed by atoms with Crippen LogP contribution in [0.2, 0.25) is 0 Å². The van der Waals surface area contributed by atoms with E-state index in [1.54, 1.807) is 31.4 Å². The van der Waals surface area contributed by atoms with E-state index in [1.807, 2.05) is 31.2 Å². The highest BCUT2D eigenvalue weighted by atomic mass is 19.1. The monoisotopic (exact) mass is 446 g/mol. The van der Waals surface area contributed by atoms with Crippen molar-refractivity contribution in [1.29, 1.82) is 0 Å². The molecule has 0 spiro atoms. The summed E-state index contributed by atoms with van der Waals surface area (Å²) in [7, 11) is 1.75. The number of hydrogen-bond donors (Lipinski definition) is 2. The molecule has 0 aliphatic rings. The second kappa shape index (κ2) is 10.6. The van der Waals surface area contributed by atoms with Crippen LogP contribution >= 0.6 is 0 Å². The smallest absolute Gasteiger partial charge is 0.219 e. The Hall–Kier alpha value is -3.94. The van der Waals surface area contributed by atoms with Gasteiger partial charge < -0.3 is 19.9 Å². The van der Waals surface area contributed by atoms with Crippen LogP contribution in [0.1, 0.15) is 17.8 Å². The first-order valence-corrected chi connectivity index (χ1v) is 10.9. The number of aryl methyl sites for hydroxylation is 2. The molecule has 0 saturated carbocycles. The molecular formula is C25H27FN6O. The van der Waals surface area contributed by atoms with Gasteiger partial charge in [0.05, 0.1) is 11.0 Å². The molecule has 0 saturated heterocycles. The third-order valence-corrected chi connectivity index (χ3v) is 5.21. The summed E-state index contributed by atoms with van der Waals surface area (Å²) in [6.45, 7) is 4.29. The van der Waals surface area contributed by atoms with E-state index < -0.39 is 0 Å². The zero-order valence-corrected chi connectivity index (χ0v) is 18.8. The first-order chi connectivity index (χ1) is 16.1. The summed E-state index contributed by atoms with van der Waals surface area (Å²) in [6, 6.07) is 17.8. The largest absolute Gasteiger partial charge is 0.439 e. The zero-order valence-electron chi connectivity index (χ0n) is 18.8. The number of imidazole rings is 1. The Morgan fingerprint density at radius 3 is 2.64 bits per heavy atom. The molecule has 0 unspecified atom stereocenters. The van der Waals surface area contributed by atoms with E-state index in [2.05, 4.69) is 36.2 Å². The van der Waals surface area contributed by atoms with Crippen LogP contribution in [0.3, 0.4) is 0 Å². The fourth-order valence-electron chi connectivity index (χ4n) is 3.53. The summed E-state index contributed by atoms with van der Waals surface area (Å²) < 4.78 is 20.9. The summed E-state index contributed by atoms with van der Waals surface area (Å²) in [4.78, 5) is 13.2. The molecule has 2 heterocycles. The maximum atomic E-state index is 13.0. The molecule has 8 heteroatoms. The number of pyridine rings is 1. The third-order valence-electron chi connectivity index (χ3n) is 5.21. The zero-order chi connectivity index (χ0) is 23.0. The lowest BCUT2D eigenvalue weighted by molar-refractivity contribution is 0.461. The lowest BCUT2D eigenvalue weighted by Gasteiger charge is -2.13. The minimum absolute atomic E-state index is 0.302. The van der Waals surface area contributed by atoms with Crippen LogP contribution in [0, 0.1) is 12.7 Å². The lowest BCUT2D eigenvalue weighted by atomic mass is 10.3. The van der Waals surface area contributed by atoms with Gasteiger partial charge in [-0.2, -0.15) is 0 Å². The number of halogens is 1. The number of nitrogens with zero attached hydrogens (tertiary/aromatic N) is 4. The van der Waals surface area contributed by atoms with Crippen LogP contribution in [0.15, 0.2) is 71.9 Å². The molecular weight excluding hydrogens is 419 g/mol. The van der Waals surface area contributed by atoms with Crippen molar-refractivity contribution in [2.75, 3.05) is 13.6 Å². The quantitative estimate of drug-likeness (QED) is 0.238. The highest BCUT2D eigenvalue weighted by molar-refractivity contribution is 5.79. The summed E-state index contributed by atoms with van der Waals surface area (Å²) in [6.07, 6.45) is 2.69. The predicted octanol–water partition coefficient (Wildman–Crippen LogP) is 4.43. The molecule has 0 bridgehead atoms. The maximum Gasteiger partial charge on any atom is 0.219 e. The third kappa shape index (κ3) is 5.85. The Balaban J connectivity index is 1.22. The molecule has 7 nitrogen and oxygen atoms in total. The van der Waals surface area contributed by atoms with Gasteiger partial charge in [-0.05, 0) is 55.3 Å². The van der Waals surface area contributed by atoms with Gasteiger partial charge in [-0.1, -0.05) is 18.2 Å². The van der Waals surface area contributed by atoms with E-state index >= 15 is 0 Å². The highest BCUT2D eigenvalue weighted by Gasteiger charge is 2.06. The summed E-state index contributed by atoms with van der Waals surface area (Å²) in [5, 5.41) is 6.64. The number of rotatable bonds is 8. The minimum Gasteiger partial charge on any atom is -0.439 e. The number of guanidine groups is 1. The van der Waals surface area contributed by atoms with Crippen LogP contribution in [-0.2, 0) is 13.1 Å². The van der Waals surface area contributed by atoms with Crippen LogP contribution in [-0.4, -0.2) is 34.1 Å². The van der Waals surface area contributed by atoms with Gasteiger partial charge in [-0.3, -0.25) is 4.99 Å². The van der Waals surface area contributed by atoms with Crippen LogP contribution in [0.4, 0.5) is 4.39 Å². The van der Waals surface area contributed by atoms with Crippen LogP contribution in [0.25, 0.3) is 11.0 Å². The van der Waals surface area contributed by atoms with E-state index in [9.17, 15) is 4.39 Å². The average Bonchev–Trinajstić information content (AvgIpc) is 3.16. The molecule has 0 atom stereocenters. The standard InChI is InChI=1S/C25H27FN6O/c1-18-31-22-6-3-4-7-23(22)32(18)15-5-14-28-25(27-2)30-17-19-8-13-24(29-16-19)33-21-11-9-20(26)10-12-21/h3-4,6-13,16H,5,14-15,17H2,1-2H3,(H2,27,28,30). The number of nitrogens with one attached hydrogen (secondary N) is 2. The van der Waals surface area contributed by atoms with Crippen molar-refractivity contribution < 1.29 is 9.13 Å². The first-order valence-electron chi connectivity index (χ1n) is 10.9. The number of benzene rings is 2. The molecule has 4 aromatic rings. The van der Waals surface area contributed by atoms with Crippen molar-refractivity contribution >= 4 is 17.0 Å². The molecule has 2 aromatic heterocycles. The highest BCUT2D eigenvalue weighted by Crippen LogP contribution is 2.19. The molecule has 4 rings (SSSR count). The van der Waals surface area contributed by atoms with E-state index in [-0.39, 0.29) is 5.82 Å². The second-order valence-corrected chi connectivity index (χ2v) is 7.57. The Morgan fingerprint density at radius 1 is 1.06 bits per heavy atom. The molecule has 33 heavy (non-hydrogen) atoms. The normalized spacial score (nSPS) is 11.5. The van der Waals surface area contributed by atoms with Gasteiger partial charge in [-0.25, -0.2) is 14.4 Å². The molecule has 170 valence electrons. The van der Waals surface area contributed by atoms with Crippen molar-refractivity contribution in [3.05, 3.63) is 84.1 Å². The number of hydrogen-bond acceptors (Lipinski definition) is 4. The van der Waals surface area contributed by atoms with E-state index in [4.69, 9.17) is 4.74 Å². The Bertz CT molecular complexity index is 1220. The van der Waals surface area contributed by atoms with Gasteiger partial charge in [0.2, 0.25) is 5.88 Å². The summed E-state index contributed by atoms with van der Waals surface area (Å²) in [5.41, 5.74) is 3.19. The van der Waals surface area contributed by atoms with Gasteiger partial charge in [0.25, 0.3) is 0 Å². The Labute approximate surface area is 192 Å². The van der Waals surface area contributed by atoms with Gasteiger partial charge in [0.15, 0.2) is 5.96 Å². The van der Waals surface area contributed by atoms with Crippen LogP contribution in [0.5, 0.6) is 11.6 Å². The van der Waals surface area contributed by atoms with Gasteiger partial charge in [0.1, 0.15) is 17.4 Å². The van der Waals surface area contributed by atoms with E-state index in [1.165, 1.54) is 12.1 Å². The van der Waals surface area contributed by atoms with Crippen molar-refractivity contribution in [3.63, 3.8) is 0 Å². The van der Waals surface area contributed by atoms with E-state index in [0.29, 0.717) is 18.2 Å². The van der Waals surface area contributed by atoms with Gasteiger partial charge in [-0.15, -0.1) is 0 Å². The average molecular weight is 447 g/mol. The number of aromatic nitrogens is 3. The molecule has 0 radical (unpaired) electrons. The maximum absolute atomic E-state index is 13.0. The van der Waals surface area contributed by atoms with Gasteiger partial charge >= 0.3 is 0 Å². The number of ether oxygens (including phenoxy) is 1. The lowest BCUT2D eigenvalue weighted by Crippen LogP contribution is -2.37. The Kier molecular flexibility index (Phi) is 7.14. The number of para-hydroxylation sites is 2. The van der Waals surface area contributed by atoms with E-state index in [0.717, 1.165) is 47.9 Å². The van der Waals surface area contributed by atoms with Crippen molar-refractivity contribution in [2.24, 2.45) is 4.99 Å². The predicted molar refractivity (Wildman–Crippen MR) is 128 cm³/mol. The second-order valence-electron chi connectivity index (χ2n) is 7.57. The van der Waals surface area contributed by atoms with Crippen molar-refractivity contribution in [3.8, 4) is 11.6 Å². The summed E-state index contributed by atoms with van der Waals surface area (Å²) >= 11 is 0. The minimum atomic E-state index is -0.302. The molecule has 0 aliphatic carbocycles. The molecule has 2 N–H and O–H groups in total. The fourth-order valence-corrected chi connectivity index (χ4v) is 3.53. The molecule has 0 fully saturated rings. The van der Waals surface area contributed by atoms with Crippen molar-refractivity contribution in [1.82, 2.24) is 25.2 Å². The summed E-state index contributed by atoms with van der Waals surface area (Å²) in [5.74, 6) is 2.45. The van der Waals surface area contributed by atoms with Crippen molar-refractivity contribution in [2.45, 2.75) is 26.4 Å². The molecule has 0 aliphatic heterocycles. The SMILES string of the molecule is CN=C(NCCCn1c(C)nc2ccccc21)NCc1ccc(Oc2ccc(F)cc2)nc1. The van der Waals surface area contributed by atoms with Gasteiger partial charge in [0, 0.05) is 38.9 Å². The molecule has 2 aromatic carbocycles. The number of fused-ring (bicyclic) bond motifs is 1. The first kappa shape index (κ1) is 22.3. The Morgan fingerprint density at radius 2 is 1.88 bits per heavy atom. The van der Waals surface area contributed by atoms with Crippen LogP contribution < -0.4 is 15.4 Å².